The van der Waals surface area contributed by atoms with Gasteiger partial charge >= 0.3 is 0 Å². The summed E-state index contributed by atoms with van der Waals surface area (Å²) in [5.41, 5.74) is 2.89. The van der Waals surface area contributed by atoms with Crippen LogP contribution in [0.15, 0.2) is 35.5 Å². The van der Waals surface area contributed by atoms with Crippen molar-refractivity contribution in [2.45, 2.75) is 104 Å². The molecule has 0 aliphatic heterocycles. The molecule has 0 spiro atoms. The smallest absolute Gasteiger partial charge is 0.0651 e. The second kappa shape index (κ2) is 8.88. The molecule has 0 aromatic rings. The van der Waals surface area contributed by atoms with Crippen molar-refractivity contribution in [1.29, 1.82) is 0 Å². The summed E-state index contributed by atoms with van der Waals surface area (Å²) in [5.74, 6) is 1.68. The van der Waals surface area contributed by atoms with E-state index in [4.69, 9.17) is 0 Å². The molecule has 3 unspecified atom stereocenters. The van der Waals surface area contributed by atoms with Crippen molar-refractivity contribution in [3.8, 4) is 0 Å². The van der Waals surface area contributed by atoms with E-state index < -0.39 is 5.60 Å². The molecular weight excluding hydrogens is 344 g/mol. The Bertz CT molecular complexity index is 621. The van der Waals surface area contributed by atoms with Crippen LogP contribution in [0.3, 0.4) is 0 Å². The van der Waals surface area contributed by atoms with Gasteiger partial charge in [0.15, 0.2) is 0 Å². The third-order valence-electron chi connectivity index (χ3n) is 8.19. The average Bonchev–Trinajstić information content (AvgIpc) is 2.96. The van der Waals surface area contributed by atoms with E-state index in [2.05, 4.69) is 38.2 Å². The van der Waals surface area contributed by atoms with Gasteiger partial charge in [-0.2, -0.15) is 0 Å². The summed E-state index contributed by atoms with van der Waals surface area (Å²) in [6, 6.07) is 0. The standard InChI is InChI=1S/C26H42O2/c1-19(25(2,3)28)8-5-11-22-15-16-24-21(10-7-17-26(22,24)4)14-13-20-9-6-12-23(27)18-20/h5,8,13-14,19,22-24,27-28H,6-7,9-12,15-18H2,1-4H3/b8-5+,20-13-,21-14+/t19?,22?,23-,24?,26+/m0/s1. The van der Waals surface area contributed by atoms with Gasteiger partial charge in [0.25, 0.3) is 0 Å². The molecule has 3 aliphatic rings. The molecule has 0 aromatic carbocycles. The van der Waals surface area contributed by atoms with Crippen LogP contribution in [0.1, 0.15) is 91.9 Å². The quantitative estimate of drug-likeness (QED) is 0.541. The molecule has 28 heavy (non-hydrogen) atoms. The molecule has 0 amide bonds. The second-order valence-electron chi connectivity index (χ2n) is 10.6. The van der Waals surface area contributed by atoms with Crippen LogP contribution >= 0.6 is 0 Å². The fourth-order valence-electron chi connectivity index (χ4n) is 5.86. The Labute approximate surface area is 172 Å². The van der Waals surface area contributed by atoms with E-state index in [-0.39, 0.29) is 12.0 Å². The lowest BCUT2D eigenvalue weighted by molar-refractivity contribution is 0.0439. The van der Waals surface area contributed by atoms with Crippen LogP contribution in [-0.2, 0) is 0 Å². The fourth-order valence-corrected chi connectivity index (χ4v) is 5.86. The van der Waals surface area contributed by atoms with Crippen LogP contribution in [0.25, 0.3) is 0 Å². The molecule has 0 bridgehead atoms. The number of fused-ring (bicyclic) bond motifs is 1. The monoisotopic (exact) mass is 386 g/mol. The molecule has 3 saturated carbocycles. The van der Waals surface area contributed by atoms with E-state index in [1.165, 1.54) is 37.7 Å². The van der Waals surface area contributed by atoms with E-state index in [0.717, 1.165) is 43.9 Å². The van der Waals surface area contributed by atoms with E-state index in [9.17, 15) is 10.2 Å². The van der Waals surface area contributed by atoms with Crippen molar-refractivity contribution in [2.75, 3.05) is 0 Å². The molecule has 0 heterocycles. The van der Waals surface area contributed by atoms with Crippen molar-refractivity contribution in [2.24, 2.45) is 23.2 Å². The van der Waals surface area contributed by atoms with Gasteiger partial charge in [-0.1, -0.05) is 49.3 Å². The summed E-state index contributed by atoms with van der Waals surface area (Å²) in [6.07, 6.45) is 21.1. The Morgan fingerprint density at radius 1 is 1.14 bits per heavy atom. The van der Waals surface area contributed by atoms with E-state index in [0.29, 0.717) is 5.41 Å². The number of aliphatic hydroxyl groups is 2. The highest BCUT2D eigenvalue weighted by atomic mass is 16.3. The van der Waals surface area contributed by atoms with Gasteiger partial charge in [0.1, 0.15) is 0 Å². The number of rotatable bonds is 5. The first-order valence-corrected chi connectivity index (χ1v) is 11.7. The van der Waals surface area contributed by atoms with Crippen molar-refractivity contribution >= 4 is 0 Å². The van der Waals surface area contributed by atoms with Crippen molar-refractivity contribution in [3.63, 3.8) is 0 Å². The molecule has 2 heteroatoms. The topological polar surface area (TPSA) is 40.5 Å². The molecule has 2 N–H and O–H groups in total. The normalized spacial score (nSPS) is 38.3. The molecule has 0 saturated heterocycles. The van der Waals surface area contributed by atoms with Crippen LogP contribution < -0.4 is 0 Å². The van der Waals surface area contributed by atoms with Crippen LogP contribution in [0, 0.1) is 23.2 Å². The Kier molecular flexibility index (Phi) is 6.92. The molecule has 3 rings (SSSR count). The maximum absolute atomic E-state index is 10.2. The van der Waals surface area contributed by atoms with Gasteiger partial charge in [0.05, 0.1) is 11.7 Å². The van der Waals surface area contributed by atoms with Crippen molar-refractivity contribution < 1.29 is 10.2 Å². The Hall–Kier alpha value is -0.860. The minimum absolute atomic E-state index is 0.121. The average molecular weight is 387 g/mol. The van der Waals surface area contributed by atoms with Crippen molar-refractivity contribution in [3.05, 3.63) is 35.5 Å². The third kappa shape index (κ3) is 5.00. The number of allylic oxidation sites excluding steroid dienone is 4. The first kappa shape index (κ1) is 21.8. The summed E-state index contributed by atoms with van der Waals surface area (Å²) in [7, 11) is 0. The van der Waals surface area contributed by atoms with Gasteiger partial charge in [-0.15, -0.1) is 0 Å². The van der Waals surface area contributed by atoms with Crippen LogP contribution in [0.5, 0.6) is 0 Å². The maximum Gasteiger partial charge on any atom is 0.0651 e. The van der Waals surface area contributed by atoms with Crippen LogP contribution in [0.4, 0.5) is 0 Å². The van der Waals surface area contributed by atoms with Crippen LogP contribution in [0.2, 0.25) is 0 Å². The predicted octanol–water partition coefficient (Wildman–Crippen LogP) is 6.34. The zero-order valence-corrected chi connectivity index (χ0v) is 18.6. The first-order valence-electron chi connectivity index (χ1n) is 11.7. The molecule has 3 aliphatic carbocycles. The number of hydrogen-bond donors (Lipinski definition) is 2. The van der Waals surface area contributed by atoms with Gasteiger partial charge in [-0.25, -0.2) is 0 Å². The van der Waals surface area contributed by atoms with Crippen LogP contribution in [-0.4, -0.2) is 21.9 Å². The fraction of sp³-hybridized carbons (Fsp3) is 0.769. The molecule has 158 valence electrons. The summed E-state index contributed by atoms with van der Waals surface area (Å²) in [4.78, 5) is 0. The lowest BCUT2D eigenvalue weighted by atomic mass is 9.63. The highest BCUT2D eigenvalue weighted by molar-refractivity contribution is 5.25. The van der Waals surface area contributed by atoms with E-state index in [1.54, 1.807) is 5.57 Å². The molecule has 0 radical (unpaired) electrons. The first-order chi connectivity index (χ1) is 13.2. The Morgan fingerprint density at radius 3 is 2.64 bits per heavy atom. The summed E-state index contributed by atoms with van der Waals surface area (Å²) < 4.78 is 0. The summed E-state index contributed by atoms with van der Waals surface area (Å²) >= 11 is 0. The SMILES string of the molecule is CC(/C=C/CC1CCC2/C(=C/C=C3/CCC[C@H](O)C3)CCC[C@]12C)C(C)(C)O. The minimum Gasteiger partial charge on any atom is -0.393 e. The van der Waals surface area contributed by atoms with Gasteiger partial charge < -0.3 is 10.2 Å². The van der Waals surface area contributed by atoms with Gasteiger partial charge in [-0.05, 0) is 95.3 Å². The highest BCUT2D eigenvalue weighted by Crippen LogP contribution is 2.58. The molecule has 0 aromatic heterocycles. The molecule has 5 atom stereocenters. The number of hydrogen-bond acceptors (Lipinski definition) is 2. The Balaban J connectivity index is 1.66. The largest absolute Gasteiger partial charge is 0.393 e. The van der Waals surface area contributed by atoms with E-state index in [1.807, 2.05) is 13.8 Å². The van der Waals surface area contributed by atoms with Gasteiger partial charge in [0.2, 0.25) is 0 Å². The zero-order valence-electron chi connectivity index (χ0n) is 18.6. The number of aliphatic hydroxyl groups excluding tert-OH is 1. The summed E-state index contributed by atoms with van der Waals surface area (Å²) in [6.45, 7) is 8.43. The molecule has 2 nitrogen and oxygen atoms in total. The maximum atomic E-state index is 10.2. The van der Waals surface area contributed by atoms with Gasteiger partial charge in [0, 0.05) is 5.92 Å². The van der Waals surface area contributed by atoms with E-state index >= 15 is 0 Å². The predicted molar refractivity (Wildman–Crippen MR) is 118 cm³/mol. The molecular formula is C26H42O2. The van der Waals surface area contributed by atoms with Crippen molar-refractivity contribution in [1.82, 2.24) is 0 Å². The zero-order chi connectivity index (χ0) is 20.4. The lowest BCUT2D eigenvalue weighted by Gasteiger charge is -2.42. The van der Waals surface area contributed by atoms with Gasteiger partial charge in [-0.3, -0.25) is 0 Å². The highest BCUT2D eigenvalue weighted by Gasteiger charge is 2.48. The second-order valence-corrected chi connectivity index (χ2v) is 10.6. The lowest BCUT2D eigenvalue weighted by Crippen LogP contribution is -2.33. The minimum atomic E-state index is -0.639. The summed E-state index contributed by atoms with van der Waals surface area (Å²) in [5, 5.41) is 20.1. The third-order valence-corrected chi connectivity index (χ3v) is 8.19. The molecule has 3 fully saturated rings. The Morgan fingerprint density at radius 2 is 1.93 bits per heavy atom.